The number of hydrazone groups is 1. The molecule has 1 N–H and O–H groups in total. The fraction of sp³-hybridized carbons (Fsp3) is 0.0385. The van der Waals surface area contributed by atoms with E-state index in [0.717, 1.165) is 38.2 Å². The lowest BCUT2D eigenvalue weighted by atomic mass is 10.0. The van der Waals surface area contributed by atoms with Crippen LogP contribution in [0.15, 0.2) is 95.4 Å². The van der Waals surface area contributed by atoms with Crippen molar-refractivity contribution in [1.82, 2.24) is 15.2 Å². The third kappa shape index (κ3) is 3.96. The van der Waals surface area contributed by atoms with Gasteiger partial charge in [-0.3, -0.25) is 4.79 Å². The Bertz CT molecular complexity index is 1430. The van der Waals surface area contributed by atoms with E-state index in [-0.39, 0.29) is 5.91 Å². The summed E-state index contributed by atoms with van der Waals surface area (Å²) in [5.74, 6) is -0.356. The van der Waals surface area contributed by atoms with Crippen LogP contribution in [0.25, 0.3) is 27.7 Å². The predicted molar refractivity (Wildman–Crippen MR) is 131 cm³/mol. The fourth-order valence-corrected chi connectivity index (χ4v) is 4.25. The van der Waals surface area contributed by atoms with Gasteiger partial charge in [0.15, 0.2) is 5.69 Å². The van der Waals surface area contributed by atoms with Crippen molar-refractivity contribution in [3.05, 3.63) is 106 Å². The maximum absolute atomic E-state index is 12.8. The third-order valence-corrected chi connectivity index (χ3v) is 5.96. The van der Waals surface area contributed by atoms with E-state index >= 15 is 0 Å². The minimum Gasteiger partial charge on any atom is -0.265 e. The first-order valence-corrected chi connectivity index (χ1v) is 11.1. The van der Waals surface area contributed by atoms with Crippen molar-refractivity contribution >= 4 is 34.2 Å². The van der Waals surface area contributed by atoms with Crippen LogP contribution in [0.2, 0.25) is 0 Å². The van der Waals surface area contributed by atoms with E-state index in [9.17, 15) is 4.79 Å². The van der Waals surface area contributed by atoms with Crippen LogP contribution < -0.4 is 5.43 Å². The topological polar surface area (TPSA) is 59.3 Å². The Balaban J connectivity index is 1.59. The quantitative estimate of drug-likeness (QED) is 0.278. The second-order valence-corrected chi connectivity index (χ2v) is 8.39. The van der Waals surface area contributed by atoms with Crippen LogP contribution in [-0.4, -0.2) is 21.9 Å². The summed E-state index contributed by atoms with van der Waals surface area (Å²) in [6.07, 6.45) is 1.63. The van der Waals surface area contributed by atoms with Gasteiger partial charge in [0.1, 0.15) is 0 Å². The number of hydrogen-bond donors (Lipinski definition) is 1. The summed E-state index contributed by atoms with van der Waals surface area (Å²) in [5.41, 5.74) is 6.77. The normalized spacial score (nSPS) is 11.3. The predicted octanol–water partition coefficient (Wildman–Crippen LogP) is 5.83. The monoisotopic (exact) mass is 436 g/mol. The summed E-state index contributed by atoms with van der Waals surface area (Å²) >= 11 is 1.55. The zero-order valence-electron chi connectivity index (χ0n) is 17.4. The Morgan fingerprint density at radius 2 is 1.84 bits per heavy atom. The van der Waals surface area contributed by atoms with Crippen molar-refractivity contribution in [2.45, 2.75) is 6.92 Å². The highest BCUT2D eigenvalue weighted by Crippen LogP contribution is 2.31. The number of fused-ring (bicyclic) bond motifs is 1. The number of nitrogens with zero attached hydrogens (tertiary/aromatic N) is 3. The first kappa shape index (κ1) is 19.9. The first-order valence-electron chi connectivity index (χ1n) is 10.2. The van der Waals surface area contributed by atoms with Gasteiger partial charge in [0.25, 0.3) is 5.91 Å². The molecule has 0 aliphatic heterocycles. The van der Waals surface area contributed by atoms with Crippen LogP contribution in [0.1, 0.15) is 20.9 Å². The number of carbonyl (C=O) groups excluding carboxylic acids is 1. The van der Waals surface area contributed by atoms with Crippen molar-refractivity contribution in [3.63, 3.8) is 0 Å². The van der Waals surface area contributed by atoms with Gasteiger partial charge in [0.2, 0.25) is 0 Å². The molecule has 0 aliphatic rings. The first-order chi connectivity index (χ1) is 15.7. The minimum absolute atomic E-state index is 0.303. The van der Waals surface area contributed by atoms with E-state index in [0.29, 0.717) is 5.69 Å². The Kier molecular flexibility index (Phi) is 5.35. The zero-order chi connectivity index (χ0) is 21.9. The lowest BCUT2D eigenvalue weighted by Gasteiger charge is -2.10. The summed E-state index contributed by atoms with van der Waals surface area (Å²) in [6.45, 7) is 2.04. The molecule has 0 aliphatic carbocycles. The van der Waals surface area contributed by atoms with Crippen LogP contribution in [0, 0.1) is 6.92 Å². The molecule has 6 heteroatoms. The van der Waals surface area contributed by atoms with E-state index in [2.05, 4.69) is 46.0 Å². The molecule has 0 bridgehead atoms. The maximum Gasteiger partial charge on any atom is 0.291 e. The average Bonchev–Trinajstić information content (AvgIpc) is 3.49. The average molecular weight is 437 g/mol. The molecule has 0 saturated carbocycles. The van der Waals surface area contributed by atoms with Crippen molar-refractivity contribution < 1.29 is 4.79 Å². The Hall–Kier alpha value is -4.03. The molecule has 2 heterocycles. The van der Waals surface area contributed by atoms with Gasteiger partial charge in [-0.05, 0) is 52.9 Å². The third-order valence-electron chi connectivity index (χ3n) is 5.15. The van der Waals surface area contributed by atoms with E-state index in [1.807, 2.05) is 71.6 Å². The lowest BCUT2D eigenvalue weighted by molar-refractivity contribution is 0.0949. The number of amides is 1. The van der Waals surface area contributed by atoms with Crippen LogP contribution in [0.5, 0.6) is 0 Å². The molecule has 0 unspecified atom stereocenters. The molecule has 1 amide bonds. The summed E-state index contributed by atoms with van der Waals surface area (Å²) in [6, 6.07) is 28.1. The lowest BCUT2D eigenvalue weighted by Crippen LogP contribution is -2.18. The number of nitrogens with one attached hydrogen (secondary N) is 1. The van der Waals surface area contributed by atoms with Gasteiger partial charge in [-0.2, -0.15) is 10.2 Å². The Morgan fingerprint density at radius 3 is 2.69 bits per heavy atom. The molecule has 5 aromatic rings. The molecular weight excluding hydrogens is 416 g/mol. The molecule has 0 fully saturated rings. The molecule has 3 aromatic carbocycles. The molecule has 0 spiro atoms. The van der Waals surface area contributed by atoms with Crippen molar-refractivity contribution in [2.24, 2.45) is 5.10 Å². The summed E-state index contributed by atoms with van der Waals surface area (Å²) in [5, 5.41) is 12.9. The molecule has 32 heavy (non-hydrogen) atoms. The van der Waals surface area contributed by atoms with Gasteiger partial charge in [0.05, 0.1) is 17.6 Å². The SMILES string of the molecule is Cc1cccc(-n2nc(C(=O)N/N=C\c3cccs3)cc2-c2cccc3ccccc23)c1. The molecule has 0 saturated heterocycles. The van der Waals surface area contributed by atoms with Crippen molar-refractivity contribution in [3.8, 4) is 16.9 Å². The van der Waals surface area contributed by atoms with Crippen molar-refractivity contribution in [2.75, 3.05) is 0 Å². The van der Waals surface area contributed by atoms with E-state index in [4.69, 9.17) is 0 Å². The van der Waals surface area contributed by atoms with Crippen molar-refractivity contribution in [1.29, 1.82) is 0 Å². The molecule has 5 nitrogen and oxygen atoms in total. The second kappa shape index (κ2) is 8.61. The van der Waals surface area contributed by atoms with Gasteiger partial charge in [0, 0.05) is 10.4 Å². The van der Waals surface area contributed by atoms with Crippen LogP contribution >= 0.6 is 11.3 Å². The summed E-state index contributed by atoms with van der Waals surface area (Å²) in [7, 11) is 0. The van der Waals surface area contributed by atoms with Gasteiger partial charge in [-0.1, -0.05) is 60.7 Å². The van der Waals surface area contributed by atoms with Gasteiger partial charge in [-0.25, -0.2) is 10.1 Å². The number of aryl methyl sites for hydroxylation is 1. The highest BCUT2D eigenvalue weighted by atomic mass is 32.1. The number of rotatable bonds is 5. The zero-order valence-corrected chi connectivity index (χ0v) is 18.2. The van der Waals surface area contributed by atoms with E-state index in [1.165, 1.54) is 0 Å². The molecule has 5 rings (SSSR count). The molecule has 156 valence electrons. The van der Waals surface area contributed by atoms with Crippen LogP contribution in [0.3, 0.4) is 0 Å². The standard InChI is InChI=1S/C26H20N4OS/c1-18-7-4-10-20(15-18)30-25(23-13-5-9-19-8-2-3-12-22(19)23)16-24(29-30)26(31)28-27-17-21-11-6-14-32-21/h2-17H,1H3,(H,28,31)/b27-17-. The smallest absolute Gasteiger partial charge is 0.265 e. The number of hydrogen-bond acceptors (Lipinski definition) is 4. The number of thiophene rings is 1. The largest absolute Gasteiger partial charge is 0.291 e. The maximum atomic E-state index is 12.8. The summed E-state index contributed by atoms with van der Waals surface area (Å²) < 4.78 is 1.83. The highest BCUT2D eigenvalue weighted by molar-refractivity contribution is 7.11. The molecule has 0 radical (unpaired) electrons. The molecular formula is C26H20N4OS. The highest BCUT2D eigenvalue weighted by Gasteiger charge is 2.18. The van der Waals surface area contributed by atoms with E-state index < -0.39 is 0 Å². The number of aromatic nitrogens is 2. The van der Waals surface area contributed by atoms with Gasteiger partial charge < -0.3 is 0 Å². The Morgan fingerprint density at radius 1 is 1.00 bits per heavy atom. The number of carbonyl (C=O) groups is 1. The van der Waals surface area contributed by atoms with Gasteiger partial charge >= 0.3 is 0 Å². The number of benzene rings is 3. The van der Waals surface area contributed by atoms with Gasteiger partial charge in [-0.15, -0.1) is 11.3 Å². The molecule has 2 aromatic heterocycles. The minimum atomic E-state index is -0.356. The second-order valence-electron chi connectivity index (χ2n) is 7.41. The molecule has 0 atom stereocenters. The van der Waals surface area contributed by atoms with Crippen LogP contribution in [0.4, 0.5) is 0 Å². The summed E-state index contributed by atoms with van der Waals surface area (Å²) in [4.78, 5) is 13.8. The van der Waals surface area contributed by atoms with Crippen LogP contribution in [-0.2, 0) is 0 Å². The Labute approximate surface area is 189 Å². The van der Waals surface area contributed by atoms with E-state index in [1.54, 1.807) is 17.6 Å². The fourth-order valence-electron chi connectivity index (χ4n) is 3.67.